The summed E-state index contributed by atoms with van der Waals surface area (Å²) >= 11 is 3.04. The van der Waals surface area contributed by atoms with Crippen LogP contribution >= 0.6 is 23.1 Å². The number of carbonyl (C=O) groups excluding carboxylic acids is 3. The van der Waals surface area contributed by atoms with Crippen molar-refractivity contribution < 1.29 is 19.1 Å². The second-order valence-electron chi connectivity index (χ2n) is 12.3. The van der Waals surface area contributed by atoms with Crippen LogP contribution in [0.2, 0.25) is 0 Å². The minimum Gasteiger partial charge on any atom is -0.444 e. The van der Waals surface area contributed by atoms with E-state index in [2.05, 4.69) is 20.1 Å². The van der Waals surface area contributed by atoms with E-state index < -0.39 is 11.7 Å². The molecule has 1 amide bonds. The maximum atomic E-state index is 13.2. The molecule has 2 fully saturated rings. The molecule has 2 heterocycles. The molecule has 0 unspecified atom stereocenters. The third-order valence-corrected chi connectivity index (χ3v) is 9.25. The monoisotopic (exact) mass is 609 g/mol. The van der Waals surface area contributed by atoms with Crippen molar-refractivity contribution in [3.8, 4) is 0 Å². The van der Waals surface area contributed by atoms with E-state index >= 15 is 0 Å². The highest BCUT2D eigenvalue weighted by Crippen LogP contribution is 2.39. The first-order chi connectivity index (χ1) is 20.1. The fraction of sp³-hybridized carbons (Fsp3) is 0.548. The Balaban J connectivity index is 1.16. The number of nitrogens with zero attached hydrogens (tertiary/aromatic N) is 4. The molecule has 5 rings (SSSR count). The number of ketones is 2. The topological polar surface area (TPSA) is 116 Å². The molecule has 3 aromatic rings. The standard InChI is InChI=1S/C31H39N5O4S2/c1-19-9-10-21(25(13-19)28(38)20-7-5-6-8-20)14-24(37)15-27-33-22(17-41-27)18-42-29-35-34-26(36(29)23-11-12-23)16-32-30(39)40-31(2,3)4/h9-10,13,17,20,23H,5-8,11-12,14-16,18H2,1-4H3,(H,32,39). The Morgan fingerprint density at radius 1 is 1.10 bits per heavy atom. The van der Waals surface area contributed by atoms with Gasteiger partial charge in [-0.05, 0) is 65.0 Å². The number of amides is 1. The number of ether oxygens (including phenoxy) is 1. The molecule has 42 heavy (non-hydrogen) atoms. The van der Waals surface area contributed by atoms with Gasteiger partial charge in [0.05, 0.1) is 18.7 Å². The van der Waals surface area contributed by atoms with Crippen molar-refractivity contribution in [2.45, 2.75) is 108 Å². The number of thioether (sulfide) groups is 1. The van der Waals surface area contributed by atoms with Crippen LogP contribution in [0.25, 0.3) is 0 Å². The Morgan fingerprint density at radius 2 is 1.86 bits per heavy atom. The van der Waals surface area contributed by atoms with Crippen LogP contribution in [-0.4, -0.2) is 43.0 Å². The van der Waals surface area contributed by atoms with Crippen molar-refractivity contribution in [1.29, 1.82) is 0 Å². The van der Waals surface area contributed by atoms with E-state index in [1.54, 1.807) is 11.8 Å². The van der Waals surface area contributed by atoms with Crippen LogP contribution < -0.4 is 5.32 Å². The van der Waals surface area contributed by atoms with Gasteiger partial charge in [0.2, 0.25) is 0 Å². The molecular weight excluding hydrogens is 571 g/mol. The highest BCUT2D eigenvalue weighted by molar-refractivity contribution is 7.98. The number of hydrogen-bond donors (Lipinski definition) is 1. The summed E-state index contributed by atoms with van der Waals surface area (Å²) in [7, 11) is 0. The van der Waals surface area contributed by atoms with Crippen molar-refractivity contribution in [2.75, 3.05) is 0 Å². The van der Waals surface area contributed by atoms with Crippen LogP contribution in [0.5, 0.6) is 0 Å². The minimum atomic E-state index is -0.566. The number of thiazole rings is 1. The van der Waals surface area contributed by atoms with E-state index in [9.17, 15) is 14.4 Å². The average Bonchev–Trinajstić information content (AvgIpc) is 3.29. The molecule has 0 spiro atoms. The number of hydrogen-bond acceptors (Lipinski definition) is 9. The van der Waals surface area contributed by atoms with Crippen LogP contribution in [0.4, 0.5) is 4.79 Å². The Kier molecular flexibility index (Phi) is 9.47. The lowest BCUT2D eigenvalue weighted by atomic mass is 9.90. The van der Waals surface area contributed by atoms with Crippen LogP contribution in [-0.2, 0) is 34.7 Å². The van der Waals surface area contributed by atoms with Gasteiger partial charge in [-0.25, -0.2) is 9.78 Å². The van der Waals surface area contributed by atoms with Gasteiger partial charge in [-0.15, -0.1) is 21.5 Å². The molecule has 1 N–H and O–H groups in total. The van der Waals surface area contributed by atoms with Gasteiger partial charge in [0, 0.05) is 35.1 Å². The van der Waals surface area contributed by atoms with Crippen LogP contribution in [0.15, 0.2) is 28.7 Å². The number of carbonyl (C=O) groups is 3. The summed E-state index contributed by atoms with van der Waals surface area (Å²) in [4.78, 5) is 43.0. The lowest BCUT2D eigenvalue weighted by Crippen LogP contribution is -2.32. The van der Waals surface area contributed by atoms with Gasteiger partial charge in [0.15, 0.2) is 16.8 Å². The molecule has 0 atom stereocenters. The lowest BCUT2D eigenvalue weighted by molar-refractivity contribution is -0.117. The zero-order valence-corrected chi connectivity index (χ0v) is 26.4. The molecule has 0 saturated heterocycles. The molecular formula is C31H39N5O4S2. The predicted octanol–water partition coefficient (Wildman–Crippen LogP) is 6.42. The number of aryl methyl sites for hydroxylation is 1. The van der Waals surface area contributed by atoms with Crippen LogP contribution in [0, 0.1) is 12.8 Å². The van der Waals surface area contributed by atoms with E-state index in [1.165, 1.54) is 11.3 Å². The van der Waals surface area contributed by atoms with Gasteiger partial charge in [0.25, 0.3) is 0 Å². The summed E-state index contributed by atoms with van der Waals surface area (Å²) < 4.78 is 7.44. The summed E-state index contributed by atoms with van der Waals surface area (Å²) in [6, 6.07) is 6.20. The molecule has 0 bridgehead atoms. The fourth-order valence-corrected chi connectivity index (χ4v) is 7.10. The lowest BCUT2D eigenvalue weighted by Gasteiger charge is -2.19. The van der Waals surface area contributed by atoms with E-state index in [0.717, 1.165) is 65.5 Å². The number of alkyl carbamates (subject to hydrolysis) is 1. The zero-order valence-electron chi connectivity index (χ0n) is 24.8. The molecule has 2 aromatic heterocycles. The summed E-state index contributed by atoms with van der Waals surface area (Å²) in [5.41, 5.74) is 2.90. The van der Waals surface area contributed by atoms with E-state index in [0.29, 0.717) is 23.2 Å². The van der Waals surface area contributed by atoms with Crippen molar-refractivity contribution in [3.05, 3.63) is 56.8 Å². The van der Waals surface area contributed by atoms with E-state index in [4.69, 9.17) is 9.72 Å². The normalized spacial score (nSPS) is 15.6. The maximum absolute atomic E-state index is 13.2. The fourth-order valence-electron chi connectivity index (χ4n) is 5.25. The Morgan fingerprint density at radius 3 is 2.57 bits per heavy atom. The maximum Gasteiger partial charge on any atom is 0.408 e. The van der Waals surface area contributed by atoms with Gasteiger partial charge in [-0.1, -0.05) is 42.3 Å². The molecule has 9 nitrogen and oxygen atoms in total. The number of nitrogens with one attached hydrogen (secondary N) is 1. The van der Waals surface area contributed by atoms with E-state index in [-0.39, 0.29) is 36.9 Å². The summed E-state index contributed by atoms with van der Waals surface area (Å²) in [5, 5.41) is 15.0. The molecule has 1 aromatic carbocycles. The summed E-state index contributed by atoms with van der Waals surface area (Å²) in [6.45, 7) is 7.72. The number of rotatable bonds is 12. The number of aromatic nitrogens is 4. The van der Waals surface area contributed by atoms with Gasteiger partial charge < -0.3 is 14.6 Å². The Bertz CT molecular complexity index is 1450. The second-order valence-corrected chi connectivity index (χ2v) is 14.2. The SMILES string of the molecule is Cc1ccc(CC(=O)Cc2nc(CSc3nnc(CNC(=O)OC(C)(C)C)n3C3CC3)cs2)c(C(=O)C2CCCC2)c1. The quantitative estimate of drug-likeness (QED) is 0.185. The highest BCUT2D eigenvalue weighted by atomic mass is 32.2. The zero-order chi connectivity index (χ0) is 29.9. The first-order valence-electron chi connectivity index (χ1n) is 14.7. The second kappa shape index (κ2) is 13.1. The number of Topliss-reactive ketones (excluding diaryl/α,β-unsaturated/α-hetero) is 2. The summed E-state index contributed by atoms with van der Waals surface area (Å²) in [6.07, 6.45) is 6.22. The molecule has 2 aliphatic rings. The van der Waals surface area contributed by atoms with Crippen molar-refractivity contribution >= 4 is 40.8 Å². The highest BCUT2D eigenvalue weighted by Gasteiger charge is 2.30. The minimum absolute atomic E-state index is 0.0588. The molecule has 0 radical (unpaired) electrons. The number of benzene rings is 1. The Labute approximate surface area is 255 Å². The Hall–Kier alpha value is -3.05. The third kappa shape index (κ3) is 8.06. The molecule has 2 saturated carbocycles. The first-order valence-corrected chi connectivity index (χ1v) is 16.5. The van der Waals surface area contributed by atoms with Gasteiger partial charge in [0.1, 0.15) is 16.4 Å². The smallest absolute Gasteiger partial charge is 0.408 e. The predicted molar refractivity (Wildman–Crippen MR) is 163 cm³/mol. The largest absolute Gasteiger partial charge is 0.444 e. The molecule has 2 aliphatic carbocycles. The average molecular weight is 610 g/mol. The van der Waals surface area contributed by atoms with Crippen molar-refractivity contribution in [2.24, 2.45) is 5.92 Å². The van der Waals surface area contributed by atoms with E-state index in [1.807, 2.05) is 51.3 Å². The first kappa shape index (κ1) is 30.4. The van der Waals surface area contributed by atoms with Crippen LogP contribution in [0.1, 0.15) is 103 Å². The van der Waals surface area contributed by atoms with Crippen LogP contribution in [0.3, 0.4) is 0 Å². The summed E-state index contributed by atoms with van der Waals surface area (Å²) in [5.74, 6) is 1.64. The van der Waals surface area contributed by atoms with Crippen molar-refractivity contribution in [3.63, 3.8) is 0 Å². The van der Waals surface area contributed by atoms with Gasteiger partial charge in [-0.2, -0.15) is 0 Å². The van der Waals surface area contributed by atoms with Gasteiger partial charge >= 0.3 is 6.09 Å². The molecule has 0 aliphatic heterocycles. The molecule has 11 heteroatoms. The van der Waals surface area contributed by atoms with Crippen molar-refractivity contribution in [1.82, 2.24) is 25.1 Å². The third-order valence-electron chi connectivity index (χ3n) is 7.38. The molecule has 224 valence electrons. The van der Waals surface area contributed by atoms with Gasteiger partial charge in [-0.3, -0.25) is 9.59 Å².